The zero-order valence-corrected chi connectivity index (χ0v) is 11.6. The number of fused-ring (bicyclic) bond motifs is 1. The van der Waals surface area contributed by atoms with Crippen LogP contribution in [0.4, 0.5) is 0 Å². The van der Waals surface area contributed by atoms with E-state index in [0.29, 0.717) is 6.04 Å². The standard InChI is InChI=1S/C15H22N2O/c1-10(2)16-8-7-12-9-17-15-13(18-4)6-5-11(3)14(12)15/h5-6,9-10,16-17H,7-8H2,1-4H3. The summed E-state index contributed by atoms with van der Waals surface area (Å²) < 4.78 is 5.39. The summed E-state index contributed by atoms with van der Waals surface area (Å²) in [5.41, 5.74) is 3.76. The van der Waals surface area contributed by atoms with E-state index in [1.807, 2.05) is 6.07 Å². The Morgan fingerprint density at radius 1 is 1.33 bits per heavy atom. The lowest BCUT2D eigenvalue weighted by molar-refractivity contribution is 0.419. The monoisotopic (exact) mass is 246 g/mol. The minimum Gasteiger partial charge on any atom is -0.495 e. The molecular weight excluding hydrogens is 224 g/mol. The van der Waals surface area contributed by atoms with Crippen molar-refractivity contribution in [1.82, 2.24) is 10.3 Å². The van der Waals surface area contributed by atoms with Gasteiger partial charge in [0.15, 0.2) is 0 Å². The molecule has 0 radical (unpaired) electrons. The van der Waals surface area contributed by atoms with Crippen LogP contribution in [-0.2, 0) is 6.42 Å². The second-order valence-corrected chi connectivity index (χ2v) is 5.01. The largest absolute Gasteiger partial charge is 0.495 e. The smallest absolute Gasteiger partial charge is 0.142 e. The van der Waals surface area contributed by atoms with Crippen LogP contribution in [0.1, 0.15) is 25.0 Å². The van der Waals surface area contributed by atoms with Gasteiger partial charge in [-0.25, -0.2) is 0 Å². The van der Waals surface area contributed by atoms with Crippen LogP contribution in [0.2, 0.25) is 0 Å². The minimum atomic E-state index is 0.533. The summed E-state index contributed by atoms with van der Waals surface area (Å²) in [5, 5.41) is 4.76. The Morgan fingerprint density at radius 3 is 2.78 bits per heavy atom. The highest BCUT2D eigenvalue weighted by molar-refractivity contribution is 5.91. The van der Waals surface area contributed by atoms with Crippen molar-refractivity contribution in [3.05, 3.63) is 29.5 Å². The molecule has 0 aliphatic carbocycles. The molecule has 0 atom stereocenters. The average molecular weight is 246 g/mol. The number of ether oxygens (including phenoxy) is 1. The molecule has 0 amide bonds. The number of aromatic nitrogens is 1. The second kappa shape index (κ2) is 5.44. The number of hydrogen-bond acceptors (Lipinski definition) is 2. The first kappa shape index (κ1) is 13.0. The number of methoxy groups -OCH3 is 1. The summed E-state index contributed by atoms with van der Waals surface area (Å²) in [5.74, 6) is 0.915. The molecule has 0 aliphatic heterocycles. The summed E-state index contributed by atoms with van der Waals surface area (Å²) in [4.78, 5) is 3.33. The number of nitrogens with one attached hydrogen (secondary N) is 2. The zero-order chi connectivity index (χ0) is 13.1. The third-order valence-corrected chi connectivity index (χ3v) is 3.25. The summed E-state index contributed by atoms with van der Waals surface area (Å²) in [6.45, 7) is 7.49. The van der Waals surface area contributed by atoms with Gasteiger partial charge in [-0.15, -0.1) is 0 Å². The van der Waals surface area contributed by atoms with Crippen molar-refractivity contribution in [3.63, 3.8) is 0 Å². The van der Waals surface area contributed by atoms with E-state index in [4.69, 9.17) is 4.74 Å². The quantitative estimate of drug-likeness (QED) is 0.851. The van der Waals surface area contributed by atoms with Crippen molar-refractivity contribution in [2.45, 2.75) is 33.2 Å². The predicted molar refractivity (Wildman–Crippen MR) is 76.4 cm³/mol. The molecule has 18 heavy (non-hydrogen) atoms. The Kier molecular flexibility index (Phi) is 3.92. The van der Waals surface area contributed by atoms with E-state index in [9.17, 15) is 0 Å². The Morgan fingerprint density at radius 2 is 2.11 bits per heavy atom. The molecule has 3 nitrogen and oxygen atoms in total. The van der Waals surface area contributed by atoms with E-state index >= 15 is 0 Å². The van der Waals surface area contributed by atoms with E-state index in [-0.39, 0.29) is 0 Å². The van der Waals surface area contributed by atoms with Gasteiger partial charge in [0.2, 0.25) is 0 Å². The third kappa shape index (κ3) is 2.51. The van der Waals surface area contributed by atoms with Crippen LogP contribution in [-0.4, -0.2) is 24.7 Å². The molecular formula is C15H22N2O. The highest BCUT2D eigenvalue weighted by atomic mass is 16.5. The molecule has 1 aromatic carbocycles. The van der Waals surface area contributed by atoms with E-state index in [2.05, 4.69) is 43.3 Å². The lowest BCUT2D eigenvalue weighted by atomic mass is 10.0. The molecule has 3 heteroatoms. The summed E-state index contributed by atoms with van der Waals surface area (Å²) in [6.07, 6.45) is 3.13. The Balaban J connectivity index is 2.29. The molecule has 0 saturated heterocycles. The molecule has 0 saturated carbocycles. The number of hydrogen-bond donors (Lipinski definition) is 2. The Bertz CT molecular complexity index is 529. The highest BCUT2D eigenvalue weighted by Gasteiger charge is 2.10. The second-order valence-electron chi connectivity index (χ2n) is 5.01. The normalized spacial score (nSPS) is 11.4. The molecule has 0 bridgehead atoms. The van der Waals surface area contributed by atoms with Crippen molar-refractivity contribution >= 4 is 10.9 Å². The van der Waals surface area contributed by atoms with E-state index in [1.54, 1.807) is 7.11 Å². The van der Waals surface area contributed by atoms with E-state index in [1.165, 1.54) is 16.5 Å². The fourth-order valence-corrected chi connectivity index (χ4v) is 2.34. The van der Waals surface area contributed by atoms with Crippen LogP contribution in [0.3, 0.4) is 0 Å². The third-order valence-electron chi connectivity index (χ3n) is 3.25. The van der Waals surface area contributed by atoms with E-state index in [0.717, 1.165) is 24.2 Å². The molecule has 98 valence electrons. The van der Waals surface area contributed by atoms with Crippen molar-refractivity contribution < 1.29 is 4.74 Å². The van der Waals surface area contributed by atoms with Crippen LogP contribution < -0.4 is 10.1 Å². The summed E-state index contributed by atoms with van der Waals surface area (Å²) in [6, 6.07) is 4.67. The first-order valence-electron chi connectivity index (χ1n) is 6.50. The SMILES string of the molecule is COc1ccc(C)c2c(CCNC(C)C)c[nH]c12. The van der Waals surface area contributed by atoms with Crippen LogP contribution in [0, 0.1) is 6.92 Å². The molecule has 1 heterocycles. The molecule has 2 rings (SSSR count). The fraction of sp³-hybridized carbons (Fsp3) is 0.467. The molecule has 0 aliphatic rings. The molecule has 2 N–H and O–H groups in total. The summed E-state index contributed by atoms with van der Waals surface area (Å²) in [7, 11) is 1.71. The topological polar surface area (TPSA) is 37.0 Å². The molecule has 0 spiro atoms. The van der Waals surface area contributed by atoms with Gasteiger partial charge in [-0.05, 0) is 37.1 Å². The molecule has 0 unspecified atom stereocenters. The maximum absolute atomic E-state index is 5.39. The zero-order valence-electron chi connectivity index (χ0n) is 11.6. The van der Waals surface area contributed by atoms with Crippen molar-refractivity contribution in [3.8, 4) is 5.75 Å². The van der Waals surface area contributed by atoms with Gasteiger partial charge in [-0.2, -0.15) is 0 Å². The summed E-state index contributed by atoms with van der Waals surface area (Å²) >= 11 is 0. The Hall–Kier alpha value is -1.48. The number of benzene rings is 1. The lowest BCUT2D eigenvalue weighted by Crippen LogP contribution is -2.24. The van der Waals surface area contributed by atoms with E-state index < -0.39 is 0 Å². The van der Waals surface area contributed by atoms with Crippen LogP contribution >= 0.6 is 0 Å². The number of aryl methyl sites for hydroxylation is 1. The van der Waals surface area contributed by atoms with Gasteiger partial charge in [0.1, 0.15) is 5.75 Å². The fourth-order valence-electron chi connectivity index (χ4n) is 2.34. The molecule has 1 aromatic heterocycles. The average Bonchev–Trinajstić information content (AvgIpc) is 2.74. The Labute approximate surface area is 109 Å². The predicted octanol–water partition coefficient (Wildman–Crippen LogP) is 3.03. The maximum atomic E-state index is 5.39. The van der Waals surface area contributed by atoms with Crippen LogP contribution in [0.25, 0.3) is 10.9 Å². The van der Waals surface area contributed by atoms with Crippen molar-refractivity contribution in [2.24, 2.45) is 0 Å². The molecule has 2 aromatic rings. The highest BCUT2D eigenvalue weighted by Crippen LogP contribution is 2.30. The molecule has 0 fully saturated rings. The van der Waals surface area contributed by atoms with Gasteiger partial charge in [0, 0.05) is 17.6 Å². The number of aromatic amines is 1. The lowest BCUT2D eigenvalue weighted by Gasteiger charge is -2.08. The number of rotatable bonds is 5. The van der Waals surface area contributed by atoms with Crippen LogP contribution in [0.5, 0.6) is 5.75 Å². The maximum Gasteiger partial charge on any atom is 0.142 e. The van der Waals surface area contributed by atoms with Gasteiger partial charge in [0.25, 0.3) is 0 Å². The first-order valence-corrected chi connectivity index (χ1v) is 6.50. The van der Waals surface area contributed by atoms with Crippen molar-refractivity contribution in [2.75, 3.05) is 13.7 Å². The van der Waals surface area contributed by atoms with Gasteiger partial charge >= 0.3 is 0 Å². The first-order chi connectivity index (χ1) is 8.63. The van der Waals surface area contributed by atoms with Gasteiger partial charge in [-0.1, -0.05) is 19.9 Å². The van der Waals surface area contributed by atoms with Gasteiger partial charge < -0.3 is 15.0 Å². The van der Waals surface area contributed by atoms with Gasteiger partial charge in [-0.3, -0.25) is 0 Å². The van der Waals surface area contributed by atoms with Crippen LogP contribution in [0.15, 0.2) is 18.3 Å². The van der Waals surface area contributed by atoms with Crippen molar-refractivity contribution in [1.29, 1.82) is 0 Å². The van der Waals surface area contributed by atoms with Gasteiger partial charge in [0.05, 0.1) is 12.6 Å². The number of H-pyrrole nitrogens is 1. The minimum absolute atomic E-state index is 0.533.